The molecule has 0 spiro atoms. The van der Waals surface area contributed by atoms with E-state index in [1.54, 1.807) is 0 Å². The van der Waals surface area contributed by atoms with Crippen LogP contribution in [-0.2, 0) is 16.2 Å². The molecule has 0 saturated heterocycles. The van der Waals surface area contributed by atoms with Gasteiger partial charge in [-0.2, -0.15) is 13.2 Å². The average molecular weight is 373 g/mol. The van der Waals surface area contributed by atoms with Crippen LogP contribution in [0.25, 0.3) is 0 Å². The van der Waals surface area contributed by atoms with E-state index in [-0.39, 0.29) is 23.5 Å². The zero-order valence-electron chi connectivity index (χ0n) is 13.1. The van der Waals surface area contributed by atoms with Crippen LogP contribution in [0.4, 0.5) is 13.2 Å². The second-order valence-corrected chi connectivity index (χ2v) is 8.09. The lowest BCUT2D eigenvalue weighted by molar-refractivity contribution is -0.137. The van der Waals surface area contributed by atoms with E-state index in [0.29, 0.717) is 12.5 Å². The van der Waals surface area contributed by atoms with Crippen LogP contribution in [0.15, 0.2) is 23.1 Å². The lowest BCUT2D eigenvalue weighted by Gasteiger charge is -2.22. The van der Waals surface area contributed by atoms with E-state index in [2.05, 4.69) is 0 Å². The van der Waals surface area contributed by atoms with Gasteiger partial charge in [-0.05, 0) is 30.5 Å². The van der Waals surface area contributed by atoms with Gasteiger partial charge in [-0.25, -0.2) is 12.7 Å². The Morgan fingerprint density at radius 3 is 2.35 bits per heavy atom. The summed E-state index contributed by atoms with van der Waals surface area (Å²) in [6.07, 6.45) is -4.25. The molecule has 0 heterocycles. The van der Waals surface area contributed by atoms with Crippen molar-refractivity contribution in [3.8, 4) is 0 Å². The van der Waals surface area contributed by atoms with Gasteiger partial charge >= 0.3 is 6.18 Å². The van der Waals surface area contributed by atoms with Gasteiger partial charge in [-0.3, -0.25) is 0 Å². The lowest BCUT2D eigenvalue weighted by Crippen LogP contribution is -2.34. The highest BCUT2D eigenvalue weighted by Crippen LogP contribution is 2.34. The molecule has 2 N–H and O–H groups in total. The van der Waals surface area contributed by atoms with Crippen LogP contribution in [0.3, 0.4) is 0 Å². The van der Waals surface area contributed by atoms with Crippen LogP contribution >= 0.6 is 11.6 Å². The van der Waals surface area contributed by atoms with Gasteiger partial charge in [0.25, 0.3) is 0 Å². The molecule has 0 bridgehead atoms. The van der Waals surface area contributed by atoms with Crippen molar-refractivity contribution in [3.05, 3.63) is 28.8 Å². The quantitative estimate of drug-likeness (QED) is 0.832. The van der Waals surface area contributed by atoms with E-state index < -0.39 is 26.7 Å². The van der Waals surface area contributed by atoms with Gasteiger partial charge in [0.2, 0.25) is 10.0 Å². The number of benzene rings is 1. The maximum Gasteiger partial charge on any atom is 0.416 e. The van der Waals surface area contributed by atoms with Crippen LogP contribution in [0, 0.1) is 5.92 Å². The largest absolute Gasteiger partial charge is 0.416 e. The Hall–Kier alpha value is -0.830. The van der Waals surface area contributed by atoms with Gasteiger partial charge in [0.05, 0.1) is 10.6 Å². The normalized spacial score (nSPS) is 14.5. The Kier molecular flexibility index (Phi) is 6.48. The molecule has 4 nitrogen and oxygen atoms in total. The van der Waals surface area contributed by atoms with Crippen LogP contribution in [-0.4, -0.2) is 32.4 Å². The molecule has 1 aromatic carbocycles. The maximum atomic E-state index is 12.8. The first-order valence-electron chi connectivity index (χ1n) is 6.96. The molecule has 23 heavy (non-hydrogen) atoms. The molecule has 1 rings (SSSR count). The summed E-state index contributed by atoms with van der Waals surface area (Å²) < 4.78 is 64.2. The molecule has 0 aliphatic rings. The smallest absolute Gasteiger partial charge is 0.327 e. The zero-order valence-corrected chi connectivity index (χ0v) is 14.6. The Labute approximate surface area is 139 Å². The van der Waals surface area contributed by atoms with E-state index in [0.717, 1.165) is 16.4 Å². The number of halogens is 4. The van der Waals surface area contributed by atoms with Crippen molar-refractivity contribution in [2.24, 2.45) is 11.7 Å². The molecule has 0 saturated carbocycles. The molecule has 9 heteroatoms. The van der Waals surface area contributed by atoms with Crippen molar-refractivity contribution in [3.63, 3.8) is 0 Å². The van der Waals surface area contributed by atoms with Gasteiger partial charge < -0.3 is 5.73 Å². The standard InChI is InChI=1S/C14H20ClF3N2O2S/c1-9(2)12(19)6-7-20(3)23(21,22)13-8-10(14(16,17)18)4-5-11(13)15/h4-5,8-9,12H,6-7,19H2,1-3H3. The number of sulfonamides is 1. The summed E-state index contributed by atoms with van der Waals surface area (Å²) in [7, 11) is -2.84. The van der Waals surface area contributed by atoms with E-state index in [4.69, 9.17) is 17.3 Å². The van der Waals surface area contributed by atoms with Crippen LogP contribution in [0.1, 0.15) is 25.8 Å². The molecule has 0 aliphatic heterocycles. The fourth-order valence-corrected chi connectivity index (χ4v) is 3.51. The molecule has 132 valence electrons. The van der Waals surface area contributed by atoms with Crippen molar-refractivity contribution in [1.82, 2.24) is 4.31 Å². The molecular weight excluding hydrogens is 353 g/mol. The van der Waals surface area contributed by atoms with Gasteiger partial charge in [0.1, 0.15) is 4.90 Å². The Balaban J connectivity index is 3.08. The fraction of sp³-hybridized carbons (Fsp3) is 0.571. The SMILES string of the molecule is CC(C)C(N)CCN(C)S(=O)(=O)c1cc(C(F)(F)F)ccc1Cl. The van der Waals surface area contributed by atoms with Crippen molar-refractivity contribution in [2.75, 3.05) is 13.6 Å². The summed E-state index contributed by atoms with van der Waals surface area (Å²) in [4.78, 5) is -0.561. The summed E-state index contributed by atoms with van der Waals surface area (Å²) in [5, 5.41) is -0.252. The summed E-state index contributed by atoms with van der Waals surface area (Å²) in [6, 6.07) is 2.03. The minimum atomic E-state index is -4.65. The second kappa shape index (κ2) is 7.38. The number of nitrogens with two attached hydrogens (primary N) is 1. The molecule has 0 aromatic heterocycles. The Morgan fingerprint density at radius 2 is 1.87 bits per heavy atom. The predicted molar refractivity (Wildman–Crippen MR) is 83.7 cm³/mol. The molecule has 1 unspecified atom stereocenters. The molecule has 0 aliphatic carbocycles. The highest BCUT2D eigenvalue weighted by atomic mass is 35.5. The summed E-state index contributed by atoms with van der Waals surface area (Å²) in [5.74, 6) is 0.170. The topological polar surface area (TPSA) is 63.4 Å². The minimum absolute atomic E-state index is 0.0915. The maximum absolute atomic E-state index is 12.8. The summed E-state index contributed by atoms with van der Waals surface area (Å²) in [6.45, 7) is 3.90. The van der Waals surface area contributed by atoms with Gasteiger partial charge in [0.15, 0.2) is 0 Å². The van der Waals surface area contributed by atoms with Gasteiger partial charge in [0, 0.05) is 19.6 Å². The molecule has 0 amide bonds. The van der Waals surface area contributed by atoms with Crippen LogP contribution < -0.4 is 5.73 Å². The number of hydrogen-bond acceptors (Lipinski definition) is 3. The highest BCUT2D eigenvalue weighted by molar-refractivity contribution is 7.89. The van der Waals surface area contributed by atoms with Gasteiger partial charge in [-0.1, -0.05) is 25.4 Å². The van der Waals surface area contributed by atoms with E-state index >= 15 is 0 Å². The molecule has 1 atom stereocenters. The second-order valence-electron chi connectivity index (χ2n) is 5.67. The van der Waals surface area contributed by atoms with Crippen molar-refractivity contribution >= 4 is 21.6 Å². The predicted octanol–water partition coefficient (Wildman–Crippen LogP) is 3.35. The van der Waals surface area contributed by atoms with Crippen molar-refractivity contribution in [1.29, 1.82) is 0 Å². The average Bonchev–Trinajstić information content (AvgIpc) is 2.42. The third-order valence-electron chi connectivity index (χ3n) is 3.58. The van der Waals surface area contributed by atoms with E-state index in [9.17, 15) is 21.6 Å². The Bertz CT molecular complexity index is 648. The first kappa shape index (κ1) is 20.2. The lowest BCUT2D eigenvalue weighted by atomic mass is 10.0. The Morgan fingerprint density at radius 1 is 1.30 bits per heavy atom. The molecule has 0 fully saturated rings. The molecule has 1 aromatic rings. The van der Waals surface area contributed by atoms with Crippen molar-refractivity contribution < 1.29 is 21.6 Å². The number of rotatable bonds is 6. The number of hydrogen-bond donors (Lipinski definition) is 1. The first-order valence-corrected chi connectivity index (χ1v) is 8.78. The number of alkyl halides is 3. The monoisotopic (exact) mass is 372 g/mol. The summed E-state index contributed by atoms with van der Waals surface area (Å²) in [5.41, 5.74) is 4.80. The van der Waals surface area contributed by atoms with Gasteiger partial charge in [-0.15, -0.1) is 0 Å². The third-order valence-corrected chi connectivity index (χ3v) is 5.92. The van der Waals surface area contributed by atoms with E-state index in [1.807, 2.05) is 13.8 Å². The number of nitrogens with zero attached hydrogens (tertiary/aromatic N) is 1. The van der Waals surface area contributed by atoms with E-state index in [1.165, 1.54) is 7.05 Å². The van der Waals surface area contributed by atoms with Crippen LogP contribution in [0.2, 0.25) is 5.02 Å². The minimum Gasteiger partial charge on any atom is -0.327 e. The first-order chi connectivity index (χ1) is 10.4. The summed E-state index contributed by atoms with van der Waals surface area (Å²) >= 11 is 5.79. The van der Waals surface area contributed by atoms with Crippen molar-refractivity contribution in [2.45, 2.75) is 37.4 Å². The highest BCUT2D eigenvalue weighted by Gasteiger charge is 2.33. The van der Waals surface area contributed by atoms with Crippen LogP contribution in [0.5, 0.6) is 0 Å². The zero-order chi connectivity index (χ0) is 18.0. The third kappa shape index (κ3) is 5.07. The molecular formula is C14H20ClF3N2O2S. The fourth-order valence-electron chi connectivity index (χ4n) is 1.83. The molecule has 0 radical (unpaired) electrons.